The number of hydrogen-bond acceptors (Lipinski definition) is 4. The summed E-state index contributed by atoms with van der Waals surface area (Å²) >= 11 is 0. The summed E-state index contributed by atoms with van der Waals surface area (Å²) in [6, 6.07) is 11.4. The quantitative estimate of drug-likeness (QED) is 0.646. The lowest BCUT2D eigenvalue weighted by molar-refractivity contribution is -0.137. The van der Waals surface area contributed by atoms with Crippen LogP contribution in [0.2, 0.25) is 0 Å². The monoisotopic (exact) mass is 462 g/mol. The molecule has 3 aromatic rings. The number of fused-ring (bicyclic) bond motifs is 1. The SMILES string of the molecule is CC1CN(C(=O)C2CC2)C(C)CN1C(=O)c1cc(Cc2n[nH]c(=O)c3ccccc23)ccc1F. The summed E-state index contributed by atoms with van der Waals surface area (Å²) in [5.74, 6) is -0.662. The molecule has 2 amide bonds. The molecule has 2 fully saturated rings. The van der Waals surface area contributed by atoms with E-state index < -0.39 is 5.82 Å². The maximum atomic E-state index is 14.8. The lowest BCUT2D eigenvalue weighted by atomic mass is 10.0. The van der Waals surface area contributed by atoms with Gasteiger partial charge < -0.3 is 9.80 Å². The first kappa shape index (κ1) is 22.3. The van der Waals surface area contributed by atoms with Crippen molar-refractivity contribution in [2.45, 2.75) is 45.2 Å². The van der Waals surface area contributed by atoms with Crippen molar-refractivity contribution in [2.24, 2.45) is 5.92 Å². The number of carbonyl (C=O) groups excluding carboxylic acids is 2. The van der Waals surface area contributed by atoms with Crippen LogP contribution in [-0.2, 0) is 11.2 Å². The minimum absolute atomic E-state index is 0.00671. The van der Waals surface area contributed by atoms with Crippen molar-refractivity contribution in [3.8, 4) is 0 Å². The predicted octanol–water partition coefficient (Wildman–Crippen LogP) is 3.12. The van der Waals surface area contributed by atoms with E-state index in [1.807, 2.05) is 30.9 Å². The van der Waals surface area contributed by atoms with Crippen molar-refractivity contribution in [3.63, 3.8) is 0 Å². The van der Waals surface area contributed by atoms with Gasteiger partial charge in [-0.25, -0.2) is 9.49 Å². The maximum absolute atomic E-state index is 14.8. The lowest BCUT2D eigenvalue weighted by Gasteiger charge is -2.44. The fraction of sp³-hybridized carbons (Fsp3) is 0.385. The molecule has 1 aliphatic heterocycles. The maximum Gasteiger partial charge on any atom is 0.272 e. The number of carbonyl (C=O) groups is 2. The zero-order valence-electron chi connectivity index (χ0n) is 19.3. The molecule has 2 heterocycles. The van der Waals surface area contributed by atoms with E-state index in [-0.39, 0.29) is 40.9 Å². The first-order valence-corrected chi connectivity index (χ1v) is 11.7. The molecule has 0 radical (unpaired) electrons. The highest BCUT2D eigenvalue weighted by Crippen LogP contribution is 2.33. The van der Waals surface area contributed by atoms with Crippen molar-refractivity contribution in [1.82, 2.24) is 20.0 Å². The third-order valence-electron chi connectivity index (χ3n) is 6.86. The molecule has 5 rings (SSSR count). The Balaban J connectivity index is 1.39. The van der Waals surface area contributed by atoms with Gasteiger partial charge in [0.25, 0.3) is 11.5 Å². The van der Waals surface area contributed by atoms with Crippen molar-refractivity contribution in [1.29, 1.82) is 0 Å². The largest absolute Gasteiger partial charge is 0.336 e. The topological polar surface area (TPSA) is 86.4 Å². The standard InChI is InChI=1S/C26H27FN4O3/c1-15-14-31(16(2)13-30(15)25(33)18-8-9-18)26(34)21-11-17(7-10-22(21)27)12-23-19-5-3-4-6-20(19)24(32)29-28-23/h3-7,10-11,15-16,18H,8-9,12-14H2,1-2H3,(H,29,32). The Bertz CT molecular complexity index is 1330. The van der Waals surface area contributed by atoms with Crippen LogP contribution in [0.3, 0.4) is 0 Å². The van der Waals surface area contributed by atoms with E-state index in [0.29, 0.717) is 30.6 Å². The number of aromatic nitrogens is 2. The minimum atomic E-state index is -0.579. The summed E-state index contributed by atoms with van der Waals surface area (Å²) in [6.45, 7) is 4.66. The fourth-order valence-corrected chi connectivity index (χ4v) is 4.78. The highest BCUT2D eigenvalue weighted by molar-refractivity contribution is 5.95. The van der Waals surface area contributed by atoms with E-state index >= 15 is 0 Å². The molecule has 7 nitrogen and oxygen atoms in total. The van der Waals surface area contributed by atoms with E-state index in [9.17, 15) is 18.8 Å². The molecule has 2 aliphatic rings. The van der Waals surface area contributed by atoms with Crippen molar-refractivity contribution >= 4 is 22.6 Å². The van der Waals surface area contributed by atoms with Crippen LogP contribution in [0.25, 0.3) is 10.8 Å². The summed E-state index contributed by atoms with van der Waals surface area (Å²) in [5, 5.41) is 7.96. The van der Waals surface area contributed by atoms with E-state index in [0.717, 1.165) is 23.8 Å². The number of amides is 2. The molecule has 0 spiro atoms. The third kappa shape index (κ3) is 4.08. The molecule has 176 valence electrons. The van der Waals surface area contributed by atoms with Gasteiger partial charge in [-0.1, -0.05) is 24.3 Å². The van der Waals surface area contributed by atoms with Crippen LogP contribution in [0.15, 0.2) is 47.3 Å². The number of benzene rings is 2. The number of nitrogens with zero attached hydrogens (tertiary/aromatic N) is 3. The lowest BCUT2D eigenvalue weighted by Crippen LogP contribution is -2.59. The molecule has 0 bridgehead atoms. The average molecular weight is 463 g/mol. The third-order valence-corrected chi connectivity index (χ3v) is 6.86. The molecule has 1 N–H and O–H groups in total. The zero-order chi connectivity index (χ0) is 24.0. The van der Waals surface area contributed by atoms with Gasteiger partial charge in [0.15, 0.2) is 0 Å². The van der Waals surface area contributed by atoms with Gasteiger partial charge in [0.05, 0.1) is 16.6 Å². The number of aromatic amines is 1. The van der Waals surface area contributed by atoms with Gasteiger partial charge in [-0.3, -0.25) is 14.4 Å². The van der Waals surface area contributed by atoms with Crippen LogP contribution in [-0.4, -0.2) is 57.0 Å². The average Bonchev–Trinajstić information content (AvgIpc) is 3.68. The summed E-state index contributed by atoms with van der Waals surface area (Å²) in [6.07, 6.45) is 2.22. The molecular weight excluding hydrogens is 435 g/mol. The number of rotatable bonds is 4. The van der Waals surface area contributed by atoms with Crippen molar-refractivity contribution in [2.75, 3.05) is 13.1 Å². The first-order valence-electron chi connectivity index (χ1n) is 11.7. The van der Waals surface area contributed by atoms with E-state index in [1.54, 1.807) is 29.2 Å². The van der Waals surface area contributed by atoms with Crippen molar-refractivity contribution < 1.29 is 14.0 Å². The highest BCUT2D eigenvalue weighted by Gasteiger charge is 2.40. The van der Waals surface area contributed by atoms with Gasteiger partial charge in [0, 0.05) is 42.9 Å². The molecule has 1 saturated heterocycles. The second-order valence-corrected chi connectivity index (χ2v) is 9.46. The molecule has 1 aliphatic carbocycles. The fourth-order valence-electron chi connectivity index (χ4n) is 4.78. The van der Waals surface area contributed by atoms with Crippen LogP contribution < -0.4 is 5.56 Å². The second-order valence-electron chi connectivity index (χ2n) is 9.46. The van der Waals surface area contributed by atoms with Crippen LogP contribution in [0.5, 0.6) is 0 Å². The Labute approximate surface area is 196 Å². The summed E-state index contributed by atoms with van der Waals surface area (Å²) in [7, 11) is 0. The van der Waals surface area contributed by atoms with Gasteiger partial charge in [-0.15, -0.1) is 0 Å². The van der Waals surface area contributed by atoms with Crippen molar-refractivity contribution in [3.05, 3.63) is 75.5 Å². The number of piperazine rings is 1. The predicted molar refractivity (Wildman–Crippen MR) is 126 cm³/mol. The van der Waals surface area contributed by atoms with Gasteiger partial charge in [0.1, 0.15) is 5.82 Å². The Kier molecular flexibility index (Phi) is 5.67. The number of nitrogens with one attached hydrogen (secondary N) is 1. The first-order chi connectivity index (χ1) is 16.3. The Morgan fingerprint density at radius 1 is 1.03 bits per heavy atom. The van der Waals surface area contributed by atoms with Gasteiger partial charge >= 0.3 is 0 Å². The Morgan fingerprint density at radius 3 is 2.44 bits per heavy atom. The van der Waals surface area contributed by atoms with E-state index in [1.165, 1.54) is 6.07 Å². The molecule has 1 saturated carbocycles. The summed E-state index contributed by atoms with van der Waals surface area (Å²) < 4.78 is 14.8. The van der Waals surface area contributed by atoms with E-state index in [4.69, 9.17) is 0 Å². The van der Waals surface area contributed by atoms with Crippen LogP contribution in [0.1, 0.15) is 48.3 Å². The molecule has 1 aromatic heterocycles. The highest BCUT2D eigenvalue weighted by atomic mass is 19.1. The number of hydrogen-bond donors (Lipinski definition) is 1. The summed E-state index contributed by atoms with van der Waals surface area (Å²) in [4.78, 5) is 41.6. The van der Waals surface area contributed by atoms with Crippen LogP contribution >= 0.6 is 0 Å². The normalized spacial score (nSPS) is 20.6. The molecule has 2 atom stereocenters. The van der Waals surface area contributed by atoms with Crippen LogP contribution in [0.4, 0.5) is 4.39 Å². The molecule has 34 heavy (non-hydrogen) atoms. The van der Waals surface area contributed by atoms with Gasteiger partial charge in [0.2, 0.25) is 5.91 Å². The molecule has 2 aromatic carbocycles. The Hall–Kier alpha value is -3.55. The molecule has 8 heteroatoms. The molecular formula is C26H27FN4O3. The second kappa shape index (κ2) is 8.66. The Morgan fingerprint density at radius 2 is 1.71 bits per heavy atom. The molecule has 2 unspecified atom stereocenters. The minimum Gasteiger partial charge on any atom is -0.336 e. The van der Waals surface area contributed by atoms with Gasteiger partial charge in [-0.2, -0.15) is 5.10 Å². The van der Waals surface area contributed by atoms with E-state index in [2.05, 4.69) is 10.2 Å². The number of H-pyrrole nitrogens is 1. The summed E-state index contributed by atoms with van der Waals surface area (Å²) in [5.41, 5.74) is 1.11. The smallest absolute Gasteiger partial charge is 0.272 e. The van der Waals surface area contributed by atoms with Crippen LogP contribution in [0, 0.1) is 11.7 Å². The van der Waals surface area contributed by atoms with Gasteiger partial charge in [-0.05, 0) is 50.5 Å². The zero-order valence-corrected chi connectivity index (χ0v) is 19.3. The number of halogens is 1.